The summed E-state index contributed by atoms with van der Waals surface area (Å²) in [7, 11) is 0.120. The molecule has 0 fully saturated rings. The van der Waals surface area contributed by atoms with E-state index in [1.807, 2.05) is 6.92 Å². The maximum absolute atomic E-state index is 3.36. The highest BCUT2D eigenvalue weighted by Gasteiger charge is 1.72. The first kappa shape index (κ1) is 22.7. The summed E-state index contributed by atoms with van der Waals surface area (Å²) in [5.74, 6) is 0. The lowest BCUT2D eigenvalue weighted by atomic mass is 10.8. The molecule has 0 nitrogen and oxygen atoms in total. The third kappa shape index (κ3) is 1270. The molecule has 0 atom stereocenters. The van der Waals surface area contributed by atoms with Crippen LogP contribution in [-0.2, 0) is 0 Å². The summed E-state index contributed by atoms with van der Waals surface area (Å²) in [6, 6.07) is 0. The van der Waals surface area contributed by atoms with Crippen molar-refractivity contribution in [2.24, 2.45) is 0 Å². The Morgan fingerprint density at radius 1 is 1.11 bits per heavy atom. The van der Waals surface area contributed by atoms with E-state index in [2.05, 4.69) is 26.2 Å². The van der Waals surface area contributed by atoms with Gasteiger partial charge in [0.2, 0.25) is 0 Å². The lowest BCUT2D eigenvalue weighted by Gasteiger charge is -1.75. The summed E-state index contributed by atoms with van der Waals surface area (Å²) >= 11 is 0. The third-order valence-electron chi connectivity index (χ3n) is 0. The Balaban J connectivity index is -0.0000000233. The zero-order valence-corrected chi connectivity index (χ0v) is 9.23. The van der Waals surface area contributed by atoms with Crippen LogP contribution in [0.15, 0.2) is 12.7 Å². The normalized spacial score (nSPS) is 5.44. The van der Waals surface area contributed by atoms with Crippen LogP contribution in [0.1, 0.15) is 6.92 Å². The lowest BCUT2D eigenvalue weighted by molar-refractivity contribution is 1.80. The number of rotatable bonds is 0. The van der Waals surface area contributed by atoms with Crippen molar-refractivity contribution in [1.82, 2.24) is 0 Å². The summed E-state index contributed by atoms with van der Waals surface area (Å²) in [6.07, 6.45) is 1.75. The van der Waals surface area contributed by atoms with E-state index < -0.39 is 0 Å². The second kappa shape index (κ2) is 23.6. The fourth-order valence-corrected chi connectivity index (χ4v) is 0. The molecular formula is C6H17Cl2Si. The van der Waals surface area contributed by atoms with Crippen molar-refractivity contribution in [3.8, 4) is 0 Å². The maximum atomic E-state index is 3.36. The lowest BCUT2D eigenvalue weighted by Crippen LogP contribution is -1.84. The number of hydrogen-bond acceptors (Lipinski definition) is 0. The van der Waals surface area contributed by atoms with Crippen molar-refractivity contribution in [2.75, 3.05) is 0 Å². The molecule has 59 valence electrons. The predicted molar refractivity (Wildman–Crippen MR) is 53.7 cm³/mol. The van der Waals surface area contributed by atoms with Crippen LogP contribution >= 0.6 is 24.8 Å². The molecule has 1 radical (unpaired) electrons. The fourth-order valence-electron chi connectivity index (χ4n) is 0. The van der Waals surface area contributed by atoms with Crippen molar-refractivity contribution in [2.45, 2.75) is 26.6 Å². The van der Waals surface area contributed by atoms with Gasteiger partial charge in [-0.3, -0.25) is 0 Å². The highest BCUT2D eigenvalue weighted by molar-refractivity contribution is 6.54. The largest absolute Gasteiger partial charge is 0.147 e. The number of halogens is 2. The SMILES string of the molecule is C=CC.C[Si](C)C.Cl.Cl. The standard InChI is InChI=1S/C3H9Si.C3H6.2ClH/c1-4(2)3;1-3-2;;/h1-3H3;3H,1H2,2H3;2*1H. The first-order valence-electron chi connectivity index (χ1n) is 2.49. The van der Waals surface area contributed by atoms with Gasteiger partial charge in [-0.1, -0.05) is 25.7 Å². The van der Waals surface area contributed by atoms with E-state index in [1.54, 1.807) is 6.08 Å². The van der Waals surface area contributed by atoms with Gasteiger partial charge in [-0.2, -0.15) is 0 Å². The first-order valence-corrected chi connectivity index (χ1v) is 5.49. The summed E-state index contributed by atoms with van der Waals surface area (Å²) in [5, 5.41) is 0. The van der Waals surface area contributed by atoms with E-state index >= 15 is 0 Å². The van der Waals surface area contributed by atoms with E-state index in [9.17, 15) is 0 Å². The third-order valence-corrected chi connectivity index (χ3v) is 0. The van der Waals surface area contributed by atoms with Crippen LogP contribution in [0.4, 0.5) is 0 Å². The first-order chi connectivity index (χ1) is 3.15. The molecule has 0 bridgehead atoms. The van der Waals surface area contributed by atoms with Gasteiger partial charge >= 0.3 is 0 Å². The topological polar surface area (TPSA) is 0 Å². The molecule has 0 rings (SSSR count). The second-order valence-corrected chi connectivity index (χ2v) is 4.91. The summed E-state index contributed by atoms with van der Waals surface area (Å²) in [6.45, 7) is 12.1. The average molecular weight is 188 g/mol. The van der Waals surface area contributed by atoms with E-state index in [0.29, 0.717) is 0 Å². The molecule has 9 heavy (non-hydrogen) atoms. The quantitative estimate of drug-likeness (QED) is 0.403. The van der Waals surface area contributed by atoms with E-state index in [-0.39, 0.29) is 33.6 Å². The Kier molecular flexibility index (Phi) is 59.3. The van der Waals surface area contributed by atoms with E-state index in [1.165, 1.54) is 0 Å². The van der Waals surface area contributed by atoms with Crippen LogP contribution in [0.3, 0.4) is 0 Å². The Morgan fingerprint density at radius 2 is 1.11 bits per heavy atom. The Labute approximate surface area is 73.2 Å². The van der Waals surface area contributed by atoms with Crippen LogP contribution in [0.25, 0.3) is 0 Å². The fraction of sp³-hybridized carbons (Fsp3) is 0.667. The van der Waals surface area contributed by atoms with Gasteiger partial charge in [-0.25, -0.2) is 0 Å². The van der Waals surface area contributed by atoms with Crippen LogP contribution in [0, 0.1) is 0 Å². The Hall–Kier alpha value is 0.537. The summed E-state index contributed by atoms with van der Waals surface area (Å²) < 4.78 is 0. The monoisotopic (exact) mass is 187 g/mol. The molecule has 0 aromatic carbocycles. The molecule has 0 spiro atoms. The van der Waals surface area contributed by atoms with Gasteiger partial charge < -0.3 is 0 Å². The molecule has 0 aromatic heterocycles. The molecule has 0 saturated heterocycles. The van der Waals surface area contributed by atoms with E-state index in [4.69, 9.17) is 0 Å². The second-order valence-electron chi connectivity index (χ2n) is 1.91. The minimum Gasteiger partial charge on any atom is -0.147 e. The summed E-state index contributed by atoms with van der Waals surface area (Å²) in [4.78, 5) is 0. The molecule has 0 aromatic rings. The molecule has 0 aliphatic carbocycles. The van der Waals surface area contributed by atoms with Crippen LogP contribution in [-0.4, -0.2) is 8.80 Å². The van der Waals surface area contributed by atoms with Gasteiger partial charge in [0.1, 0.15) is 0 Å². The van der Waals surface area contributed by atoms with Crippen LogP contribution in [0.5, 0.6) is 0 Å². The highest BCUT2D eigenvalue weighted by atomic mass is 35.5. The van der Waals surface area contributed by atoms with Gasteiger partial charge in [0.25, 0.3) is 0 Å². The molecule has 0 aliphatic rings. The van der Waals surface area contributed by atoms with Gasteiger partial charge in [0.15, 0.2) is 0 Å². The number of allylic oxidation sites excluding steroid dienone is 1. The van der Waals surface area contributed by atoms with E-state index in [0.717, 1.165) is 0 Å². The molecule has 3 heteroatoms. The van der Waals surface area contributed by atoms with Gasteiger partial charge in [0.05, 0.1) is 0 Å². The molecule has 0 aliphatic heterocycles. The zero-order chi connectivity index (χ0) is 6.28. The van der Waals surface area contributed by atoms with Crippen LogP contribution in [0.2, 0.25) is 19.6 Å². The Morgan fingerprint density at radius 3 is 1.11 bits per heavy atom. The summed E-state index contributed by atoms with van der Waals surface area (Å²) in [5.41, 5.74) is 0. The van der Waals surface area contributed by atoms with Crippen molar-refractivity contribution < 1.29 is 0 Å². The smallest absolute Gasteiger partial charge is 0.0379 e. The molecule has 0 N–H and O–H groups in total. The number of hydrogen-bond donors (Lipinski definition) is 0. The maximum Gasteiger partial charge on any atom is 0.0379 e. The van der Waals surface area contributed by atoms with Crippen molar-refractivity contribution in [3.05, 3.63) is 12.7 Å². The molecule has 0 unspecified atom stereocenters. The van der Waals surface area contributed by atoms with Gasteiger partial charge in [-0.15, -0.1) is 31.4 Å². The molecule has 0 heterocycles. The molecule has 0 amide bonds. The predicted octanol–water partition coefficient (Wildman–Crippen LogP) is 3.41. The Bertz CT molecular complexity index is 35.3. The van der Waals surface area contributed by atoms with Crippen molar-refractivity contribution >= 4 is 33.6 Å². The van der Waals surface area contributed by atoms with Crippen LogP contribution < -0.4 is 0 Å². The van der Waals surface area contributed by atoms with Gasteiger partial charge in [0, 0.05) is 8.80 Å². The minimum atomic E-state index is 0. The van der Waals surface area contributed by atoms with Gasteiger partial charge in [-0.05, 0) is 6.92 Å². The van der Waals surface area contributed by atoms with Crippen molar-refractivity contribution in [1.29, 1.82) is 0 Å². The zero-order valence-electron chi connectivity index (χ0n) is 6.60. The van der Waals surface area contributed by atoms with Crippen molar-refractivity contribution in [3.63, 3.8) is 0 Å². The average Bonchev–Trinajstić information content (AvgIpc) is 1.33. The molecular weight excluding hydrogens is 171 g/mol. The molecule has 0 saturated carbocycles. The minimum absolute atomic E-state index is 0. The highest BCUT2D eigenvalue weighted by Crippen LogP contribution is 1.68.